The van der Waals surface area contributed by atoms with Gasteiger partial charge in [0.25, 0.3) is 0 Å². The summed E-state index contributed by atoms with van der Waals surface area (Å²) in [6.07, 6.45) is 1.70. The van der Waals surface area contributed by atoms with Crippen LogP contribution in [0.15, 0.2) is 78.0 Å². The largest absolute Gasteiger partial charge is 0.497 e. The fraction of sp³-hybridized carbons (Fsp3) is 0.250. The molecule has 1 heterocycles. The van der Waals surface area contributed by atoms with Crippen LogP contribution in [-0.2, 0) is 24.2 Å². The number of para-hydroxylation sites is 1. The molecule has 0 unspecified atom stereocenters. The van der Waals surface area contributed by atoms with Crippen molar-refractivity contribution in [2.75, 3.05) is 18.2 Å². The third-order valence-corrected chi connectivity index (χ3v) is 6.84. The lowest BCUT2D eigenvalue weighted by Gasteiger charge is -2.13. The monoisotopic (exact) mass is 486 g/mol. The van der Waals surface area contributed by atoms with Gasteiger partial charge in [-0.2, -0.15) is 0 Å². The SMILES string of the molecule is CCc1cccc(C)c1NC(=O)CSc1nnc(-c2ccc(OC)cc2)n1CCc1ccccc1. The van der Waals surface area contributed by atoms with Crippen LogP contribution in [0.5, 0.6) is 5.75 Å². The summed E-state index contributed by atoms with van der Waals surface area (Å²) in [5.74, 6) is 1.77. The molecule has 0 fully saturated rings. The van der Waals surface area contributed by atoms with E-state index >= 15 is 0 Å². The Labute approximate surface area is 210 Å². The van der Waals surface area contributed by atoms with Crippen LogP contribution < -0.4 is 10.1 Å². The molecule has 0 spiro atoms. The number of hydrogen-bond acceptors (Lipinski definition) is 5. The van der Waals surface area contributed by atoms with Crippen molar-refractivity contribution >= 4 is 23.4 Å². The number of nitrogens with one attached hydrogen (secondary N) is 1. The van der Waals surface area contributed by atoms with Crippen LogP contribution >= 0.6 is 11.8 Å². The van der Waals surface area contributed by atoms with Crippen LogP contribution in [0.2, 0.25) is 0 Å². The standard InChI is InChI=1S/C28H30N4O2S/c1-4-22-12-8-9-20(2)26(22)29-25(33)19-35-28-31-30-27(23-13-15-24(34-3)16-14-23)32(28)18-17-21-10-6-5-7-11-21/h5-16H,4,17-19H2,1-3H3,(H,29,33). The van der Waals surface area contributed by atoms with Gasteiger partial charge in [-0.1, -0.05) is 67.2 Å². The molecule has 0 aliphatic carbocycles. The number of aryl methyl sites for hydroxylation is 3. The highest BCUT2D eigenvalue weighted by Gasteiger charge is 2.17. The summed E-state index contributed by atoms with van der Waals surface area (Å²) < 4.78 is 7.39. The summed E-state index contributed by atoms with van der Waals surface area (Å²) >= 11 is 1.40. The minimum atomic E-state index is -0.0531. The first kappa shape index (κ1) is 24.5. The highest BCUT2D eigenvalue weighted by atomic mass is 32.2. The molecule has 1 N–H and O–H groups in total. The Kier molecular flexibility index (Phi) is 8.21. The van der Waals surface area contributed by atoms with E-state index in [9.17, 15) is 4.79 Å². The Hall–Kier alpha value is -3.58. The molecule has 0 bridgehead atoms. The van der Waals surface area contributed by atoms with Gasteiger partial charge in [-0.15, -0.1) is 10.2 Å². The van der Waals surface area contributed by atoms with E-state index in [1.165, 1.54) is 17.3 Å². The van der Waals surface area contributed by atoms with Gasteiger partial charge in [-0.05, 0) is 60.7 Å². The Balaban J connectivity index is 1.53. The molecule has 0 saturated heterocycles. The summed E-state index contributed by atoms with van der Waals surface area (Å²) in [7, 11) is 1.65. The molecule has 6 nitrogen and oxygen atoms in total. The predicted octanol–water partition coefficient (Wildman–Crippen LogP) is 5.80. The van der Waals surface area contributed by atoms with Crippen LogP contribution in [0.1, 0.15) is 23.6 Å². The van der Waals surface area contributed by atoms with E-state index in [1.54, 1.807) is 7.11 Å². The summed E-state index contributed by atoms with van der Waals surface area (Å²) in [5, 5.41) is 12.7. The number of aromatic nitrogens is 3. The van der Waals surface area contributed by atoms with Crippen molar-refractivity contribution in [2.45, 2.75) is 38.4 Å². The molecule has 0 atom stereocenters. The number of amides is 1. The van der Waals surface area contributed by atoms with Crippen molar-refractivity contribution in [3.05, 3.63) is 89.5 Å². The van der Waals surface area contributed by atoms with Gasteiger partial charge in [-0.25, -0.2) is 0 Å². The van der Waals surface area contributed by atoms with Crippen molar-refractivity contribution in [3.8, 4) is 17.1 Å². The van der Waals surface area contributed by atoms with Gasteiger partial charge in [-0.3, -0.25) is 4.79 Å². The van der Waals surface area contributed by atoms with E-state index in [1.807, 2.05) is 61.5 Å². The van der Waals surface area contributed by atoms with Gasteiger partial charge in [0.2, 0.25) is 5.91 Å². The average Bonchev–Trinajstić information content (AvgIpc) is 3.30. The van der Waals surface area contributed by atoms with Crippen molar-refractivity contribution in [2.24, 2.45) is 0 Å². The summed E-state index contributed by atoms with van der Waals surface area (Å²) in [5.41, 5.74) is 5.30. The Bertz CT molecular complexity index is 1270. The van der Waals surface area contributed by atoms with E-state index in [0.29, 0.717) is 6.54 Å². The number of benzene rings is 3. The van der Waals surface area contributed by atoms with Gasteiger partial charge >= 0.3 is 0 Å². The zero-order chi connectivity index (χ0) is 24.6. The van der Waals surface area contributed by atoms with Crippen LogP contribution in [0, 0.1) is 6.92 Å². The summed E-state index contributed by atoms with van der Waals surface area (Å²) in [6.45, 7) is 4.82. The third-order valence-electron chi connectivity index (χ3n) is 5.87. The van der Waals surface area contributed by atoms with Crippen molar-refractivity contribution < 1.29 is 9.53 Å². The number of methoxy groups -OCH3 is 1. The number of nitrogens with zero attached hydrogens (tertiary/aromatic N) is 3. The number of hydrogen-bond donors (Lipinski definition) is 1. The lowest BCUT2D eigenvalue weighted by molar-refractivity contribution is -0.113. The van der Waals surface area contributed by atoms with E-state index in [2.05, 4.69) is 45.2 Å². The van der Waals surface area contributed by atoms with Crippen molar-refractivity contribution in [1.29, 1.82) is 0 Å². The van der Waals surface area contributed by atoms with Crippen LogP contribution in [-0.4, -0.2) is 33.5 Å². The molecule has 0 aliphatic rings. The van der Waals surface area contributed by atoms with E-state index in [4.69, 9.17) is 4.74 Å². The molecular formula is C28H30N4O2S. The number of anilines is 1. The maximum Gasteiger partial charge on any atom is 0.234 e. The van der Waals surface area contributed by atoms with Crippen molar-refractivity contribution in [3.63, 3.8) is 0 Å². The molecular weight excluding hydrogens is 456 g/mol. The molecule has 1 amide bonds. The molecule has 7 heteroatoms. The lowest BCUT2D eigenvalue weighted by Crippen LogP contribution is -2.17. The molecule has 180 valence electrons. The lowest BCUT2D eigenvalue weighted by atomic mass is 10.1. The molecule has 3 aromatic carbocycles. The Morgan fingerprint density at radius 1 is 1.00 bits per heavy atom. The second kappa shape index (κ2) is 11.7. The topological polar surface area (TPSA) is 69.0 Å². The molecule has 4 rings (SSSR count). The fourth-order valence-corrected chi connectivity index (χ4v) is 4.71. The first-order valence-corrected chi connectivity index (χ1v) is 12.7. The number of rotatable bonds is 10. The normalized spacial score (nSPS) is 10.8. The molecule has 0 radical (unpaired) electrons. The number of thioether (sulfide) groups is 1. The third kappa shape index (κ3) is 6.11. The molecule has 35 heavy (non-hydrogen) atoms. The minimum absolute atomic E-state index is 0.0531. The smallest absolute Gasteiger partial charge is 0.234 e. The maximum absolute atomic E-state index is 12.8. The number of carbonyl (C=O) groups excluding carboxylic acids is 1. The second-order valence-electron chi connectivity index (χ2n) is 8.22. The van der Waals surface area contributed by atoms with E-state index in [0.717, 1.165) is 51.9 Å². The van der Waals surface area contributed by atoms with Crippen LogP contribution in [0.3, 0.4) is 0 Å². The van der Waals surface area contributed by atoms with E-state index in [-0.39, 0.29) is 11.7 Å². The summed E-state index contributed by atoms with van der Waals surface area (Å²) in [4.78, 5) is 12.8. The van der Waals surface area contributed by atoms with Gasteiger partial charge in [0.15, 0.2) is 11.0 Å². The van der Waals surface area contributed by atoms with Gasteiger partial charge in [0.1, 0.15) is 5.75 Å². The van der Waals surface area contributed by atoms with Gasteiger partial charge in [0.05, 0.1) is 12.9 Å². The fourth-order valence-electron chi connectivity index (χ4n) is 3.94. The zero-order valence-corrected chi connectivity index (χ0v) is 21.1. The average molecular weight is 487 g/mol. The zero-order valence-electron chi connectivity index (χ0n) is 20.3. The minimum Gasteiger partial charge on any atom is -0.497 e. The first-order valence-electron chi connectivity index (χ1n) is 11.7. The van der Waals surface area contributed by atoms with Crippen molar-refractivity contribution in [1.82, 2.24) is 14.8 Å². The summed E-state index contributed by atoms with van der Waals surface area (Å²) in [6, 6.07) is 24.2. The molecule has 0 saturated carbocycles. The van der Waals surface area contributed by atoms with Crippen LogP contribution in [0.4, 0.5) is 5.69 Å². The second-order valence-corrected chi connectivity index (χ2v) is 9.16. The first-order chi connectivity index (χ1) is 17.1. The number of carbonyl (C=O) groups is 1. The van der Waals surface area contributed by atoms with Crippen LogP contribution in [0.25, 0.3) is 11.4 Å². The van der Waals surface area contributed by atoms with Gasteiger partial charge < -0.3 is 14.6 Å². The Morgan fingerprint density at radius 3 is 2.49 bits per heavy atom. The maximum atomic E-state index is 12.8. The molecule has 1 aromatic heterocycles. The highest BCUT2D eigenvalue weighted by molar-refractivity contribution is 7.99. The highest BCUT2D eigenvalue weighted by Crippen LogP contribution is 2.27. The quantitative estimate of drug-likeness (QED) is 0.287. The Morgan fingerprint density at radius 2 is 1.77 bits per heavy atom. The number of ether oxygens (including phenoxy) is 1. The molecule has 0 aliphatic heterocycles. The van der Waals surface area contributed by atoms with Gasteiger partial charge in [0, 0.05) is 17.8 Å². The predicted molar refractivity (Wildman–Crippen MR) is 142 cm³/mol. The molecule has 4 aromatic rings. The van der Waals surface area contributed by atoms with E-state index < -0.39 is 0 Å².